The third-order valence-corrected chi connectivity index (χ3v) is 6.68. The van der Waals surface area contributed by atoms with Gasteiger partial charge in [0.05, 0.1) is 5.69 Å². The molecule has 33 heavy (non-hydrogen) atoms. The molecule has 0 bridgehead atoms. The lowest BCUT2D eigenvalue weighted by Crippen LogP contribution is -2.54. The quantitative estimate of drug-likeness (QED) is 0.309. The van der Waals surface area contributed by atoms with Gasteiger partial charge in [-0.3, -0.25) is 14.9 Å². The van der Waals surface area contributed by atoms with E-state index < -0.39 is 17.8 Å². The second kappa shape index (κ2) is 9.51. The lowest BCUT2D eigenvalue weighted by atomic mass is 9.97. The Balaban J connectivity index is 1.76. The summed E-state index contributed by atoms with van der Waals surface area (Å²) in [5.74, 6) is -1.51. The van der Waals surface area contributed by atoms with Crippen molar-refractivity contribution in [1.82, 2.24) is 5.32 Å². The molecule has 3 aromatic rings. The number of anilines is 1. The van der Waals surface area contributed by atoms with Crippen molar-refractivity contribution >= 4 is 68.7 Å². The van der Waals surface area contributed by atoms with Gasteiger partial charge < -0.3 is 0 Å². The number of urea groups is 1. The SMILES string of the molecule is Cc1ccc(N2C(=O)NC(=O)/C(=C\c3cc(Cl)ccc3Cc3ccccc3Br)C2=O)cc1Cl. The molecule has 0 atom stereocenters. The minimum absolute atomic E-state index is 0.179. The van der Waals surface area contributed by atoms with Crippen LogP contribution >= 0.6 is 39.1 Å². The van der Waals surface area contributed by atoms with Crippen molar-refractivity contribution < 1.29 is 14.4 Å². The fourth-order valence-corrected chi connectivity index (χ4v) is 4.26. The van der Waals surface area contributed by atoms with Gasteiger partial charge in [0.15, 0.2) is 0 Å². The molecule has 0 spiro atoms. The largest absolute Gasteiger partial charge is 0.335 e. The Morgan fingerprint density at radius 3 is 2.45 bits per heavy atom. The van der Waals surface area contributed by atoms with Gasteiger partial charge in [-0.1, -0.05) is 69.5 Å². The molecule has 1 fully saturated rings. The Labute approximate surface area is 209 Å². The van der Waals surface area contributed by atoms with E-state index in [4.69, 9.17) is 23.2 Å². The molecule has 5 nitrogen and oxygen atoms in total. The maximum atomic E-state index is 13.2. The molecule has 4 rings (SSSR count). The van der Waals surface area contributed by atoms with Crippen LogP contribution in [0.1, 0.15) is 22.3 Å². The van der Waals surface area contributed by atoms with Crippen LogP contribution in [-0.2, 0) is 16.0 Å². The molecule has 3 aromatic carbocycles. The smallest absolute Gasteiger partial charge is 0.273 e. The van der Waals surface area contributed by atoms with E-state index in [9.17, 15) is 14.4 Å². The number of nitrogens with zero attached hydrogens (tertiary/aromatic N) is 1. The van der Waals surface area contributed by atoms with Gasteiger partial charge in [0, 0.05) is 14.5 Å². The highest BCUT2D eigenvalue weighted by Gasteiger charge is 2.37. The number of hydrogen-bond acceptors (Lipinski definition) is 3. The van der Waals surface area contributed by atoms with Crippen LogP contribution < -0.4 is 10.2 Å². The van der Waals surface area contributed by atoms with Crippen molar-refractivity contribution in [2.24, 2.45) is 0 Å². The number of amides is 4. The van der Waals surface area contributed by atoms with Gasteiger partial charge in [0.1, 0.15) is 5.57 Å². The highest BCUT2D eigenvalue weighted by atomic mass is 79.9. The molecule has 0 unspecified atom stereocenters. The predicted molar refractivity (Wildman–Crippen MR) is 134 cm³/mol. The number of aryl methyl sites for hydroxylation is 1. The van der Waals surface area contributed by atoms with Crippen LogP contribution in [0.15, 0.2) is 70.7 Å². The summed E-state index contributed by atoms with van der Waals surface area (Å²) in [7, 11) is 0. The topological polar surface area (TPSA) is 66.5 Å². The van der Waals surface area contributed by atoms with Crippen molar-refractivity contribution in [3.63, 3.8) is 0 Å². The second-order valence-corrected chi connectivity index (χ2v) is 9.20. The summed E-state index contributed by atoms with van der Waals surface area (Å²) in [5, 5.41) is 3.09. The van der Waals surface area contributed by atoms with Gasteiger partial charge in [0.25, 0.3) is 11.8 Å². The van der Waals surface area contributed by atoms with Crippen LogP contribution in [0, 0.1) is 6.92 Å². The van der Waals surface area contributed by atoms with Crippen LogP contribution in [0.5, 0.6) is 0 Å². The fraction of sp³-hybridized carbons (Fsp3) is 0.0800. The van der Waals surface area contributed by atoms with E-state index in [2.05, 4.69) is 21.2 Å². The molecule has 1 heterocycles. The molecule has 8 heteroatoms. The number of carbonyl (C=O) groups excluding carboxylic acids is 3. The average molecular weight is 544 g/mol. The highest BCUT2D eigenvalue weighted by molar-refractivity contribution is 9.10. The summed E-state index contributed by atoms with van der Waals surface area (Å²) in [4.78, 5) is 39.2. The van der Waals surface area contributed by atoms with E-state index in [0.29, 0.717) is 22.0 Å². The Kier molecular flexibility index (Phi) is 6.70. The number of benzene rings is 3. The van der Waals surface area contributed by atoms with E-state index in [1.165, 1.54) is 12.1 Å². The summed E-state index contributed by atoms with van der Waals surface area (Å²) in [6.07, 6.45) is 2.01. The van der Waals surface area contributed by atoms with Crippen LogP contribution in [-0.4, -0.2) is 17.8 Å². The zero-order valence-electron chi connectivity index (χ0n) is 17.4. The van der Waals surface area contributed by atoms with Gasteiger partial charge in [0.2, 0.25) is 0 Å². The molecule has 0 saturated carbocycles. The zero-order chi connectivity index (χ0) is 23.7. The van der Waals surface area contributed by atoms with Gasteiger partial charge in [-0.15, -0.1) is 0 Å². The number of rotatable bonds is 4. The number of carbonyl (C=O) groups is 3. The molecule has 1 N–H and O–H groups in total. The normalized spacial score (nSPS) is 15.2. The fourth-order valence-electron chi connectivity index (χ4n) is 3.48. The third kappa shape index (κ3) is 4.88. The molecular weight excluding hydrogens is 527 g/mol. The average Bonchev–Trinajstić information content (AvgIpc) is 2.76. The first-order valence-corrected chi connectivity index (χ1v) is 11.5. The lowest BCUT2D eigenvalue weighted by Gasteiger charge is -2.26. The Morgan fingerprint density at radius 2 is 1.73 bits per heavy atom. The standard InChI is InChI=1S/C25H17BrCl2N2O3/c1-14-6-9-19(13-22(14)28)30-24(32)20(23(31)29-25(30)33)12-17-11-18(27)8-7-15(17)10-16-4-2-3-5-21(16)26/h2-9,11-13H,10H2,1H3,(H,29,31,33)/b20-12+. The van der Waals surface area contributed by atoms with Crippen molar-refractivity contribution in [3.05, 3.63) is 103 Å². The number of barbiturate groups is 1. The lowest BCUT2D eigenvalue weighted by molar-refractivity contribution is -0.122. The van der Waals surface area contributed by atoms with Crippen molar-refractivity contribution in [1.29, 1.82) is 0 Å². The summed E-state index contributed by atoms with van der Waals surface area (Å²) in [6, 6.07) is 17.0. The summed E-state index contributed by atoms with van der Waals surface area (Å²) in [5.41, 5.74) is 3.39. The zero-order valence-corrected chi connectivity index (χ0v) is 20.5. The van der Waals surface area contributed by atoms with Gasteiger partial charge in [-0.25, -0.2) is 9.69 Å². The predicted octanol–water partition coefficient (Wildman–Crippen LogP) is 6.32. The van der Waals surface area contributed by atoms with E-state index >= 15 is 0 Å². The molecule has 166 valence electrons. The Morgan fingerprint density at radius 1 is 0.970 bits per heavy atom. The minimum Gasteiger partial charge on any atom is -0.273 e. The monoisotopic (exact) mass is 542 g/mol. The van der Waals surface area contributed by atoms with E-state index in [1.807, 2.05) is 37.3 Å². The summed E-state index contributed by atoms with van der Waals surface area (Å²) >= 11 is 15.9. The maximum absolute atomic E-state index is 13.2. The molecule has 0 aromatic heterocycles. The molecule has 1 aliphatic heterocycles. The second-order valence-electron chi connectivity index (χ2n) is 7.50. The Bertz CT molecular complexity index is 1340. The number of imide groups is 2. The minimum atomic E-state index is -0.832. The van der Waals surface area contributed by atoms with E-state index in [1.54, 1.807) is 24.3 Å². The first-order chi connectivity index (χ1) is 15.7. The molecule has 0 aliphatic carbocycles. The van der Waals surface area contributed by atoms with E-state index in [-0.39, 0.29) is 11.3 Å². The van der Waals surface area contributed by atoms with Crippen LogP contribution in [0.4, 0.5) is 10.5 Å². The van der Waals surface area contributed by atoms with Crippen LogP contribution in [0.3, 0.4) is 0 Å². The van der Waals surface area contributed by atoms with Crippen LogP contribution in [0.25, 0.3) is 6.08 Å². The molecule has 1 saturated heterocycles. The van der Waals surface area contributed by atoms with E-state index in [0.717, 1.165) is 26.1 Å². The summed E-state index contributed by atoms with van der Waals surface area (Å²) in [6.45, 7) is 1.81. The van der Waals surface area contributed by atoms with Crippen LogP contribution in [0.2, 0.25) is 10.0 Å². The van der Waals surface area contributed by atoms with Gasteiger partial charge in [-0.05, 0) is 72.0 Å². The maximum Gasteiger partial charge on any atom is 0.335 e. The number of nitrogens with one attached hydrogen (secondary N) is 1. The van der Waals surface area contributed by atoms with Crippen molar-refractivity contribution in [2.45, 2.75) is 13.3 Å². The van der Waals surface area contributed by atoms with Crippen molar-refractivity contribution in [3.8, 4) is 0 Å². The molecule has 4 amide bonds. The molecule has 1 aliphatic rings. The Hall–Kier alpha value is -2.93. The highest BCUT2D eigenvalue weighted by Crippen LogP contribution is 2.29. The molecular formula is C25H17BrCl2N2O3. The van der Waals surface area contributed by atoms with Crippen molar-refractivity contribution in [2.75, 3.05) is 4.90 Å². The first kappa shape index (κ1) is 23.2. The van der Waals surface area contributed by atoms with Gasteiger partial charge >= 0.3 is 6.03 Å². The third-order valence-electron chi connectivity index (χ3n) is 5.26. The number of halogens is 3. The first-order valence-electron chi connectivity index (χ1n) is 9.94. The summed E-state index contributed by atoms with van der Waals surface area (Å²) < 4.78 is 0.943. The van der Waals surface area contributed by atoms with Gasteiger partial charge in [-0.2, -0.15) is 0 Å². The molecule has 0 radical (unpaired) electrons. The number of hydrogen-bond donors (Lipinski definition) is 1.